The van der Waals surface area contributed by atoms with E-state index in [9.17, 15) is 20.4 Å². The first-order chi connectivity index (χ1) is 9.54. The molecule has 0 bridgehead atoms. The van der Waals surface area contributed by atoms with Crippen LogP contribution in [0.4, 0.5) is 0 Å². The zero-order valence-electron chi connectivity index (χ0n) is 11.7. The lowest BCUT2D eigenvalue weighted by Gasteiger charge is -2.34. The van der Waals surface area contributed by atoms with Gasteiger partial charge in [0.1, 0.15) is 11.9 Å². The van der Waals surface area contributed by atoms with Crippen LogP contribution in [0.3, 0.4) is 0 Å². The standard InChI is InChI=1S/C15H25NO4/c17-12-2-1-8(4-13(12)18)3-11-10-6-15(20)14(19)5-9(10)7-16-11/h6,8-14,16-20H,1-5,7H2. The molecule has 0 amide bonds. The molecule has 1 aliphatic heterocycles. The first-order valence-corrected chi connectivity index (χ1v) is 7.73. The van der Waals surface area contributed by atoms with Crippen LogP contribution in [0.1, 0.15) is 32.1 Å². The molecule has 7 unspecified atom stereocenters. The molecule has 2 fully saturated rings. The molecule has 0 radical (unpaired) electrons. The Morgan fingerprint density at radius 2 is 1.90 bits per heavy atom. The molecular weight excluding hydrogens is 258 g/mol. The molecule has 1 saturated heterocycles. The van der Waals surface area contributed by atoms with E-state index >= 15 is 0 Å². The molecule has 0 aromatic heterocycles. The van der Waals surface area contributed by atoms with E-state index in [0.29, 0.717) is 37.1 Å². The Labute approximate surface area is 119 Å². The largest absolute Gasteiger partial charge is 0.510 e. The van der Waals surface area contributed by atoms with Gasteiger partial charge in [-0.05, 0) is 62.5 Å². The lowest BCUT2D eigenvalue weighted by atomic mass is 9.76. The normalized spacial score (nSPS) is 48.8. The minimum atomic E-state index is -0.705. The van der Waals surface area contributed by atoms with Gasteiger partial charge in [-0.2, -0.15) is 0 Å². The van der Waals surface area contributed by atoms with E-state index < -0.39 is 18.3 Å². The van der Waals surface area contributed by atoms with E-state index in [4.69, 9.17) is 0 Å². The summed E-state index contributed by atoms with van der Waals surface area (Å²) in [6.07, 6.45) is 3.83. The lowest BCUT2D eigenvalue weighted by Crippen LogP contribution is -2.37. The maximum absolute atomic E-state index is 9.78. The van der Waals surface area contributed by atoms with E-state index in [2.05, 4.69) is 5.32 Å². The summed E-state index contributed by atoms with van der Waals surface area (Å²) in [4.78, 5) is 0. The van der Waals surface area contributed by atoms with E-state index in [-0.39, 0.29) is 11.7 Å². The molecule has 3 rings (SSSR count). The Balaban J connectivity index is 1.61. The van der Waals surface area contributed by atoms with Crippen molar-refractivity contribution in [1.82, 2.24) is 5.32 Å². The van der Waals surface area contributed by atoms with Crippen molar-refractivity contribution in [2.45, 2.75) is 56.5 Å². The number of hydrogen-bond acceptors (Lipinski definition) is 5. The van der Waals surface area contributed by atoms with Crippen molar-refractivity contribution >= 4 is 0 Å². The fourth-order valence-corrected chi connectivity index (χ4v) is 4.14. The van der Waals surface area contributed by atoms with Crippen LogP contribution in [-0.4, -0.2) is 51.3 Å². The lowest BCUT2D eigenvalue weighted by molar-refractivity contribution is -0.0281. The second kappa shape index (κ2) is 5.64. The highest BCUT2D eigenvalue weighted by Crippen LogP contribution is 2.38. The minimum Gasteiger partial charge on any atom is -0.510 e. The second-order valence-electron chi connectivity index (χ2n) is 6.74. The Hall–Kier alpha value is -0.620. The van der Waals surface area contributed by atoms with Gasteiger partial charge < -0.3 is 25.7 Å². The molecule has 1 saturated carbocycles. The van der Waals surface area contributed by atoms with Gasteiger partial charge in [-0.1, -0.05) is 0 Å². The number of rotatable bonds is 2. The second-order valence-corrected chi connectivity index (χ2v) is 6.74. The fraction of sp³-hybridized carbons (Fsp3) is 0.867. The Morgan fingerprint density at radius 1 is 1.10 bits per heavy atom. The summed E-state index contributed by atoms with van der Waals surface area (Å²) in [5.41, 5.74) is 0. The third-order valence-electron chi connectivity index (χ3n) is 5.36. The highest BCUT2D eigenvalue weighted by molar-refractivity contribution is 5.13. The molecule has 7 atom stereocenters. The van der Waals surface area contributed by atoms with Crippen molar-refractivity contribution < 1.29 is 20.4 Å². The van der Waals surface area contributed by atoms with Crippen LogP contribution in [0, 0.1) is 17.8 Å². The summed E-state index contributed by atoms with van der Waals surface area (Å²) < 4.78 is 0. The van der Waals surface area contributed by atoms with Crippen LogP contribution in [-0.2, 0) is 0 Å². The molecular formula is C15H25NO4. The quantitative estimate of drug-likeness (QED) is 0.503. The number of aliphatic hydroxyl groups excluding tert-OH is 4. The third-order valence-corrected chi connectivity index (χ3v) is 5.36. The summed E-state index contributed by atoms with van der Waals surface area (Å²) >= 11 is 0. The van der Waals surface area contributed by atoms with Gasteiger partial charge in [0.05, 0.1) is 12.2 Å². The molecule has 0 aromatic carbocycles. The number of nitrogens with one attached hydrogen (secondary N) is 1. The summed E-state index contributed by atoms with van der Waals surface area (Å²) in [7, 11) is 0. The van der Waals surface area contributed by atoms with E-state index in [1.165, 1.54) is 0 Å². The zero-order chi connectivity index (χ0) is 14.3. The summed E-state index contributed by atoms with van der Waals surface area (Å²) in [5.74, 6) is 1.21. The van der Waals surface area contributed by atoms with Crippen molar-refractivity contribution in [3.63, 3.8) is 0 Å². The topological polar surface area (TPSA) is 93.0 Å². The number of aliphatic hydroxyl groups is 4. The summed E-state index contributed by atoms with van der Waals surface area (Å²) in [5, 5.41) is 42.3. The van der Waals surface area contributed by atoms with Crippen LogP contribution >= 0.6 is 0 Å². The Morgan fingerprint density at radius 3 is 2.65 bits per heavy atom. The monoisotopic (exact) mass is 283 g/mol. The highest BCUT2D eigenvalue weighted by Gasteiger charge is 2.41. The smallest absolute Gasteiger partial charge is 0.117 e. The minimum absolute atomic E-state index is 0.110. The fourth-order valence-electron chi connectivity index (χ4n) is 4.14. The van der Waals surface area contributed by atoms with Crippen molar-refractivity contribution in [1.29, 1.82) is 0 Å². The van der Waals surface area contributed by atoms with E-state index in [1.54, 1.807) is 0 Å². The molecule has 0 aromatic rings. The predicted octanol–water partition coefficient (Wildman–Crippen LogP) is 0.309. The molecule has 3 aliphatic rings. The zero-order valence-corrected chi connectivity index (χ0v) is 11.7. The van der Waals surface area contributed by atoms with Crippen molar-refractivity contribution in [3.05, 3.63) is 11.8 Å². The van der Waals surface area contributed by atoms with Gasteiger partial charge in [0.2, 0.25) is 0 Å². The first kappa shape index (κ1) is 14.3. The average Bonchev–Trinajstić information content (AvgIpc) is 2.77. The Bertz CT molecular complexity index is 386. The van der Waals surface area contributed by atoms with Crippen molar-refractivity contribution in [2.75, 3.05) is 6.54 Å². The van der Waals surface area contributed by atoms with Crippen LogP contribution < -0.4 is 5.32 Å². The van der Waals surface area contributed by atoms with Crippen LogP contribution in [0.25, 0.3) is 0 Å². The molecule has 20 heavy (non-hydrogen) atoms. The predicted molar refractivity (Wildman–Crippen MR) is 74.1 cm³/mol. The number of fused-ring (bicyclic) bond motifs is 1. The van der Waals surface area contributed by atoms with Crippen molar-refractivity contribution in [2.24, 2.45) is 17.8 Å². The molecule has 0 spiro atoms. The van der Waals surface area contributed by atoms with Gasteiger partial charge in [0.15, 0.2) is 0 Å². The molecule has 114 valence electrons. The molecule has 5 nitrogen and oxygen atoms in total. The molecule has 5 N–H and O–H groups in total. The van der Waals surface area contributed by atoms with Crippen LogP contribution in [0.15, 0.2) is 11.8 Å². The SMILES string of the molecule is OC1=CC2C(CNC2CC2CCC(O)C(O)C2)CC1O. The van der Waals surface area contributed by atoms with E-state index in [1.807, 2.05) is 6.08 Å². The first-order valence-electron chi connectivity index (χ1n) is 7.73. The van der Waals surface area contributed by atoms with Gasteiger partial charge in [-0.15, -0.1) is 0 Å². The van der Waals surface area contributed by atoms with Crippen LogP contribution in [0.2, 0.25) is 0 Å². The highest BCUT2D eigenvalue weighted by atomic mass is 16.3. The van der Waals surface area contributed by atoms with Gasteiger partial charge in [0.25, 0.3) is 0 Å². The van der Waals surface area contributed by atoms with E-state index in [0.717, 1.165) is 19.4 Å². The van der Waals surface area contributed by atoms with Gasteiger partial charge in [-0.3, -0.25) is 0 Å². The van der Waals surface area contributed by atoms with Gasteiger partial charge in [-0.25, -0.2) is 0 Å². The van der Waals surface area contributed by atoms with Gasteiger partial charge >= 0.3 is 0 Å². The summed E-state index contributed by atoms with van der Waals surface area (Å²) in [6, 6.07) is 0.307. The maximum atomic E-state index is 9.78. The maximum Gasteiger partial charge on any atom is 0.117 e. The van der Waals surface area contributed by atoms with Crippen molar-refractivity contribution in [3.8, 4) is 0 Å². The summed E-state index contributed by atoms with van der Waals surface area (Å²) in [6.45, 7) is 0.883. The third kappa shape index (κ3) is 2.72. The average molecular weight is 283 g/mol. The van der Waals surface area contributed by atoms with Gasteiger partial charge in [0, 0.05) is 6.04 Å². The Kier molecular flexibility index (Phi) is 4.04. The molecule has 2 aliphatic carbocycles. The molecule has 5 heteroatoms. The molecule has 1 heterocycles. The number of hydrogen-bond donors (Lipinski definition) is 5. The van der Waals surface area contributed by atoms with Crippen LogP contribution in [0.5, 0.6) is 0 Å².